The number of nitrogens with zero attached hydrogens (tertiary/aromatic N) is 3. The number of aliphatic hydroxyl groups excluding tert-OH is 1. The molecule has 0 aliphatic carbocycles. The van der Waals surface area contributed by atoms with Crippen molar-refractivity contribution < 1.29 is 9.63 Å². The first-order valence-electron chi connectivity index (χ1n) is 7.07. The third-order valence-corrected chi connectivity index (χ3v) is 4.48. The summed E-state index contributed by atoms with van der Waals surface area (Å²) in [5, 5.41) is 17.2. The molecule has 5 nitrogen and oxygen atoms in total. The highest BCUT2D eigenvalue weighted by Crippen LogP contribution is 2.23. The van der Waals surface area contributed by atoms with Crippen LogP contribution in [0.1, 0.15) is 31.6 Å². The first kappa shape index (κ1) is 13.7. The minimum atomic E-state index is 0.241. The van der Waals surface area contributed by atoms with E-state index in [2.05, 4.69) is 15.0 Å². The van der Waals surface area contributed by atoms with E-state index in [-0.39, 0.29) is 6.61 Å². The van der Waals surface area contributed by atoms with Gasteiger partial charge in [-0.15, -0.1) is 0 Å². The Hall–Kier alpha value is -1.24. The summed E-state index contributed by atoms with van der Waals surface area (Å²) in [5.74, 6) is 1.33. The third-order valence-electron chi connectivity index (χ3n) is 3.80. The van der Waals surface area contributed by atoms with Crippen LogP contribution in [0, 0.1) is 0 Å². The molecule has 1 aliphatic heterocycles. The summed E-state index contributed by atoms with van der Waals surface area (Å²) >= 11 is 1.63. The van der Waals surface area contributed by atoms with Gasteiger partial charge in [0.25, 0.3) is 0 Å². The predicted octanol–water partition coefficient (Wildman–Crippen LogP) is 2.54. The second kappa shape index (κ2) is 6.47. The molecule has 0 amide bonds. The van der Waals surface area contributed by atoms with Crippen molar-refractivity contribution in [2.45, 2.75) is 38.3 Å². The van der Waals surface area contributed by atoms with Crippen molar-refractivity contribution in [1.82, 2.24) is 15.0 Å². The highest BCUT2D eigenvalue weighted by Gasteiger charge is 2.23. The van der Waals surface area contributed by atoms with E-state index >= 15 is 0 Å². The fourth-order valence-electron chi connectivity index (χ4n) is 2.75. The maximum atomic E-state index is 9.15. The van der Waals surface area contributed by atoms with Gasteiger partial charge in [0.15, 0.2) is 0 Å². The van der Waals surface area contributed by atoms with Crippen LogP contribution >= 0.6 is 11.3 Å². The molecule has 2 aromatic rings. The Morgan fingerprint density at radius 3 is 3.20 bits per heavy atom. The van der Waals surface area contributed by atoms with Crippen LogP contribution in [0.4, 0.5) is 0 Å². The molecule has 0 spiro atoms. The second-order valence-electron chi connectivity index (χ2n) is 5.16. The van der Waals surface area contributed by atoms with Gasteiger partial charge in [0, 0.05) is 23.6 Å². The summed E-state index contributed by atoms with van der Waals surface area (Å²) in [7, 11) is 0. The molecule has 3 heterocycles. The molecule has 1 aliphatic rings. The van der Waals surface area contributed by atoms with Crippen molar-refractivity contribution >= 4 is 11.3 Å². The van der Waals surface area contributed by atoms with E-state index in [1.165, 1.54) is 12.8 Å². The monoisotopic (exact) mass is 293 g/mol. The average molecular weight is 293 g/mol. The minimum absolute atomic E-state index is 0.241. The van der Waals surface area contributed by atoms with Gasteiger partial charge in [0.2, 0.25) is 11.7 Å². The minimum Gasteiger partial charge on any atom is -0.396 e. The number of piperidine rings is 1. The van der Waals surface area contributed by atoms with Crippen LogP contribution in [0.3, 0.4) is 0 Å². The zero-order valence-electron chi connectivity index (χ0n) is 11.4. The first-order valence-corrected chi connectivity index (χ1v) is 8.01. The van der Waals surface area contributed by atoms with Crippen molar-refractivity contribution in [3.05, 3.63) is 22.7 Å². The van der Waals surface area contributed by atoms with Gasteiger partial charge in [0.05, 0.1) is 6.54 Å². The summed E-state index contributed by atoms with van der Waals surface area (Å²) in [6, 6.07) is 2.43. The lowest BCUT2D eigenvalue weighted by atomic mass is 10.00. The molecule has 108 valence electrons. The Labute approximate surface area is 122 Å². The average Bonchev–Trinajstić information content (AvgIpc) is 3.12. The summed E-state index contributed by atoms with van der Waals surface area (Å²) in [5.41, 5.74) is 1.01. The number of aromatic nitrogens is 2. The molecule has 1 fully saturated rings. The molecule has 6 heteroatoms. The SMILES string of the molecule is OCCC1CCCCN1Cc1nc(-c2ccsc2)no1. The molecular formula is C14H19N3O2S. The fourth-order valence-corrected chi connectivity index (χ4v) is 3.38. The van der Waals surface area contributed by atoms with Gasteiger partial charge in [-0.1, -0.05) is 11.6 Å². The van der Waals surface area contributed by atoms with Crippen LogP contribution in [-0.2, 0) is 6.54 Å². The van der Waals surface area contributed by atoms with Gasteiger partial charge in [-0.05, 0) is 37.3 Å². The Kier molecular flexibility index (Phi) is 4.44. The molecular weight excluding hydrogens is 274 g/mol. The summed E-state index contributed by atoms with van der Waals surface area (Å²) in [6.07, 6.45) is 4.41. The van der Waals surface area contributed by atoms with E-state index in [0.29, 0.717) is 24.3 Å². The normalized spacial score (nSPS) is 20.4. The van der Waals surface area contributed by atoms with Crippen molar-refractivity contribution in [2.24, 2.45) is 0 Å². The molecule has 2 aromatic heterocycles. The topological polar surface area (TPSA) is 62.4 Å². The van der Waals surface area contributed by atoms with Gasteiger partial charge in [0.1, 0.15) is 0 Å². The molecule has 1 N–H and O–H groups in total. The molecule has 1 unspecified atom stereocenters. The van der Waals surface area contributed by atoms with Crippen LogP contribution in [0.25, 0.3) is 11.4 Å². The van der Waals surface area contributed by atoms with Gasteiger partial charge < -0.3 is 9.63 Å². The first-order chi connectivity index (χ1) is 9.86. The number of likely N-dealkylation sites (tertiary alicyclic amines) is 1. The Bertz CT molecular complexity index is 524. The molecule has 0 bridgehead atoms. The van der Waals surface area contributed by atoms with Crippen LogP contribution in [0.5, 0.6) is 0 Å². The lowest BCUT2D eigenvalue weighted by molar-refractivity contribution is 0.100. The van der Waals surface area contributed by atoms with Crippen LogP contribution < -0.4 is 0 Å². The lowest BCUT2D eigenvalue weighted by Crippen LogP contribution is -2.39. The maximum Gasteiger partial charge on any atom is 0.241 e. The molecule has 0 saturated carbocycles. The van der Waals surface area contributed by atoms with E-state index < -0.39 is 0 Å². The fraction of sp³-hybridized carbons (Fsp3) is 0.571. The molecule has 3 rings (SSSR count). The molecule has 1 saturated heterocycles. The quantitative estimate of drug-likeness (QED) is 0.918. The summed E-state index contributed by atoms with van der Waals surface area (Å²) in [4.78, 5) is 6.82. The zero-order valence-corrected chi connectivity index (χ0v) is 12.2. The predicted molar refractivity (Wildman–Crippen MR) is 77.4 cm³/mol. The van der Waals surface area contributed by atoms with E-state index in [9.17, 15) is 0 Å². The number of hydrogen-bond acceptors (Lipinski definition) is 6. The Morgan fingerprint density at radius 2 is 2.40 bits per heavy atom. The van der Waals surface area contributed by atoms with Gasteiger partial charge >= 0.3 is 0 Å². The largest absolute Gasteiger partial charge is 0.396 e. The van der Waals surface area contributed by atoms with Gasteiger partial charge in [-0.3, -0.25) is 4.90 Å². The number of thiophene rings is 1. The van der Waals surface area contributed by atoms with Crippen LogP contribution in [0.2, 0.25) is 0 Å². The van der Waals surface area contributed by atoms with Gasteiger partial charge in [-0.2, -0.15) is 16.3 Å². The molecule has 0 radical (unpaired) electrons. The van der Waals surface area contributed by atoms with E-state index in [1.807, 2.05) is 16.8 Å². The maximum absolute atomic E-state index is 9.15. The second-order valence-corrected chi connectivity index (χ2v) is 5.94. The highest BCUT2D eigenvalue weighted by atomic mass is 32.1. The standard InChI is InChI=1S/C14H19N3O2S/c18-7-4-12-3-1-2-6-17(12)9-13-15-14(16-19-13)11-5-8-20-10-11/h5,8,10,12,18H,1-4,6-7,9H2. The highest BCUT2D eigenvalue weighted by molar-refractivity contribution is 7.08. The number of aliphatic hydroxyl groups is 1. The van der Waals surface area contributed by atoms with Crippen molar-refractivity contribution in [3.63, 3.8) is 0 Å². The van der Waals surface area contributed by atoms with Crippen molar-refractivity contribution in [2.75, 3.05) is 13.2 Å². The van der Waals surface area contributed by atoms with E-state index in [0.717, 1.165) is 24.9 Å². The summed E-state index contributed by atoms with van der Waals surface area (Å²) in [6.45, 7) is 1.97. The smallest absolute Gasteiger partial charge is 0.241 e. The van der Waals surface area contributed by atoms with Crippen LogP contribution in [0.15, 0.2) is 21.3 Å². The molecule has 20 heavy (non-hydrogen) atoms. The van der Waals surface area contributed by atoms with E-state index in [4.69, 9.17) is 9.63 Å². The molecule has 0 aromatic carbocycles. The molecule has 1 atom stereocenters. The van der Waals surface area contributed by atoms with Gasteiger partial charge in [-0.25, -0.2) is 0 Å². The van der Waals surface area contributed by atoms with Crippen molar-refractivity contribution in [1.29, 1.82) is 0 Å². The van der Waals surface area contributed by atoms with Crippen molar-refractivity contribution in [3.8, 4) is 11.4 Å². The lowest BCUT2D eigenvalue weighted by Gasteiger charge is -2.34. The Balaban J connectivity index is 1.67. The number of rotatable bonds is 5. The number of hydrogen-bond donors (Lipinski definition) is 1. The zero-order chi connectivity index (χ0) is 13.8. The Morgan fingerprint density at radius 1 is 1.45 bits per heavy atom. The third kappa shape index (κ3) is 3.08. The van der Waals surface area contributed by atoms with Crippen LogP contribution in [-0.4, -0.2) is 39.3 Å². The summed E-state index contributed by atoms with van der Waals surface area (Å²) < 4.78 is 5.36. The van der Waals surface area contributed by atoms with E-state index in [1.54, 1.807) is 11.3 Å².